The molecule has 11 nitrogen and oxygen atoms in total. The van der Waals surface area contributed by atoms with E-state index in [2.05, 4.69) is 21.2 Å². The highest BCUT2D eigenvalue weighted by molar-refractivity contribution is 9.10. The molecular weight excluding hydrogens is 652 g/mol. The number of aryl methyl sites for hydroxylation is 1. The zero-order chi connectivity index (χ0) is 31.2. The molecule has 0 heterocycles. The van der Waals surface area contributed by atoms with Gasteiger partial charge in [0.05, 0.1) is 22.6 Å². The van der Waals surface area contributed by atoms with Crippen molar-refractivity contribution in [2.45, 2.75) is 38.3 Å². The average molecular weight is 682 g/mol. The topological polar surface area (TPSA) is 139 Å². The van der Waals surface area contributed by atoms with Gasteiger partial charge >= 0.3 is 0 Å². The molecule has 0 fully saturated rings. The van der Waals surface area contributed by atoms with Crippen LogP contribution >= 0.6 is 27.5 Å². The molecule has 1 N–H and O–H groups in total. The molecule has 1 atom stereocenters. The van der Waals surface area contributed by atoms with Crippen LogP contribution in [0.4, 0.5) is 11.4 Å². The molecule has 3 aromatic rings. The van der Waals surface area contributed by atoms with Gasteiger partial charge in [0, 0.05) is 34.2 Å². The monoisotopic (exact) mass is 680 g/mol. The predicted molar refractivity (Wildman–Crippen MR) is 163 cm³/mol. The molecule has 224 valence electrons. The van der Waals surface area contributed by atoms with Crippen molar-refractivity contribution >= 4 is 60.7 Å². The minimum absolute atomic E-state index is 0.000978. The molecule has 42 heavy (non-hydrogen) atoms. The Morgan fingerprint density at radius 1 is 1.12 bits per heavy atom. The fourth-order valence-corrected chi connectivity index (χ4v) is 6.00. The van der Waals surface area contributed by atoms with E-state index in [1.807, 2.05) is 0 Å². The number of nitrogens with one attached hydrogen (secondary N) is 1. The van der Waals surface area contributed by atoms with Crippen molar-refractivity contribution in [2.24, 2.45) is 0 Å². The van der Waals surface area contributed by atoms with Crippen molar-refractivity contribution in [3.63, 3.8) is 0 Å². The summed E-state index contributed by atoms with van der Waals surface area (Å²) in [5.74, 6) is -1.04. The van der Waals surface area contributed by atoms with Crippen molar-refractivity contribution in [3.05, 3.63) is 91.4 Å². The van der Waals surface area contributed by atoms with Gasteiger partial charge in [-0.2, -0.15) is 0 Å². The van der Waals surface area contributed by atoms with Crippen LogP contribution in [0.25, 0.3) is 0 Å². The zero-order valence-corrected chi connectivity index (χ0v) is 26.5. The smallest absolute Gasteiger partial charge is 0.273 e. The van der Waals surface area contributed by atoms with Gasteiger partial charge in [0.25, 0.3) is 15.7 Å². The molecule has 0 aliphatic heterocycles. The van der Waals surface area contributed by atoms with E-state index in [4.69, 9.17) is 16.3 Å². The normalized spacial score (nSPS) is 11.9. The summed E-state index contributed by atoms with van der Waals surface area (Å²) in [5.41, 5.74) is 0.503. The summed E-state index contributed by atoms with van der Waals surface area (Å²) in [7, 11) is -3.28. The average Bonchev–Trinajstić information content (AvgIpc) is 2.95. The number of nitro groups is 1. The van der Waals surface area contributed by atoms with E-state index in [1.54, 1.807) is 38.1 Å². The number of likely N-dealkylation sites (N-methyl/N-ethyl adjacent to an activating group) is 1. The standard InChI is InChI=1S/C28H30BrClN4O7S/c1-5-31-28(36)19(3)32(16-20-7-9-21(29)10-8-20)27(35)17-33(25-14-22(30)11-13-26(25)41-4)42(39,40)23-12-6-18(2)24(15-23)34(37)38/h6-15,19H,5,16-17H2,1-4H3,(H,31,36). The maximum atomic E-state index is 14.1. The molecule has 0 radical (unpaired) electrons. The second-order valence-corrected chi connectivity index (χ2v) is 12.5. The van der Waals surface area contributed by atoms with Gasteiger partial charge in [-0.05, 0) is 62.7 Å². The van der Waals surface area contributed by atoms with Crippen molar-refractivity contribution < 1.29 is 27.7 Å². The summed E-state index contributed by atoms with van der Waals surface area (Å²) in [6.45, 7) is 4.34. The fourth-order valence-electron chi connectivity index (χ4n) is 4.14. The van der Waals surface area contributed by atoms with Gasteiger partial charge in [-0.1, -0.05) is 45.7 Å². The van der Waals surface area contributed by atoms with Crippen LogP contribution in [0.3, 0.4) is 0 Å². The van der Waals surface area contributed by atoms with Gasteiger partial charge in [-0.15, -0.1) is 0 Å². The number of ether oxygens (including phenoxy) is 1. The molecule has 0 saturated carbocycles. The second kappa shape index (κ2) is 14.0. The number of methoxy groups -OCH3 is 1. The van der Waals surface area contributed by atoms with Gasteiger partial charge < -0.3 is 15.0 Å². The molecular formula is C28H30BrClN4O7S. The number of rotatable bonds is 12. The molecule has 0 bridgehead atoms. The Kier molecular flexibility index (Phi) is 10.9. The van der Waals surface area contributed by atoms with Crippen molar-refractivity contribution in [3.8, 4) is 5.75 Å². The van der Waals surface area contributed by atoms with E-state index in [0.29, 0.717) is 12.1 Å². The number of carbonyl (C=O) groups is 2. The van der Waals surface area contributed by atoms with Crippen LogP contribution in [0.15, 0.2) is 70.0 Å². The third-order valence-electron chi connectivity index (χ3n) is 6.44. The van der Waals surface area contributed by atoms with Gasteiger partial charge in [0.2, 0.25) is 11.8 Å². The first-order valence-corrected chi connectivity index (χ1v) is 15.3. The highest BCUT2D eigenvalue weighted by atomic mass is 79.9. The van der Waals surface area contributed by atoms with Crippen molar-refractivity contribution in [1.82, 2.24) is 10.2 Å². The first-order chi connectivity index (χ1) is 19.8. The Balaban J connectivity index is 2.16. The van der Waals surface area contributed by atoms with E-state index >= 15 is 0 Å². The van der Waals surface area contributed by atoms with Gasteiger partial charge in [-0.3, -0.25) is 24.0 Å². The number of halogens is 2. The molecule has 3 aromatic carbocycles. The van der Waals surface area contributed by atoms with Crippen molar-refractivity contribution in [1.29, 1.82) is 0 Å². The molecule has 1 unspecified atom stereocenters. The highest BCUT2D eigenvalue weighted by Crippen LogP contribution is 2.36. The Hall–Kier alpha value is -3.68. The summed E-state index contributed by atoms with van der Waals surface area (Å²) in [6.07, 6.45) is 0. The summed E-state index contributed by atoms with van der Waals surface area (Å²) < 4.78 is 35.2. The molecule has 0 saturated heterocycles. The lowest BCUT2D eigenvalue weighted by Crippen LogP contribution is -2.51. The summed E-state index contributed by atoms with van der Waals surface area (Å²) >= 11 is 9.60. The quantitative estimate of drug-likeness (QED) is 0.208. The number of benzene rings is 3. The SMILES string of the molecule is CCNC(=O)C(C)N(Cc1ccc(Br)cc1)C(=O)CN(c1cc(Cl)ccc1OC)S(=O)(=O)c1ccc(C)c([N+](=O)[O-])c1. The summed E-state index contributed by atoms with van der Waals surface area (Å²) in [4.78, 5) is 38.6. The number of amides is 2. The van der Waals surface area contributed by atoms with E-state index < -0.39 is 49.9 Å². The Bertz CT molecular complexity index is 1590. The first kappa shape index (κ1) is 32.8. The fraction of sp³-hybridized carbons (Fsp3) is 0.286. The third kappa shape index (κ3) is 7.58. The van der Waals surface area contributed by atoms with Gasteiger partial charge in [0.1, 0.15) is 18.3 Å². The predicted octanol–water partition coefficient (Wildman–Crippen LogP) is 5.08. The largest absolute Gasteiger partial charge is 0.495 e. The number of hydrogen-bond acceptors (Lipinski definition) is 7. The number of sulfonamides is 1. The minimum atomic E-state index is -4.60. The maximum Gasteiger partial charge on any atom is 0.273 e. The van der Waals surface area contributed by atoms with Crippen LogP contribution in [0, 0.1) is 17.0 Å². The van der Waals surface area contributed by atoms with E-state index in [0.717, 1.165) is 14.8 Å². The number of nitrogens with zero attached hydrogens (tertiary/aromatic N) is 3. The van der Waals surface area contributed by atoms with Crippen LogP contribution in [0.5, 0.6) is 5.75 Å². The zero-order valence-electron chi connectivity index (χ0n) is 23.3. The minimum Gasteiger partial charge on any atom is -0.495 e. The number of anilines is 1. The summed E-state index contributed by atoms with van der Waals surface area (Å²) in [5, 5.41) is 14.5. The van der Waals surface area contributed by atoms with E-state index in [1.165, 1.54) is 49.3 Å². The van der Waals surface area contributed by atoms with Gasteiger partial charge in [-0.25, -0.2) is 8.42 Å². The molecule has 0 aliphatic rings. The Morgan fingerprint density at radius 3 is 2.38 bits per heavy atom. The van der Waals surface area contributed by atoms with Crippen LogP contribution in [0.1, 0.15) is 25.0 Å². The lowest BCUT2D eigenvalue weighted by Gasteiger charge is -2.32. The molecule has 0 aliphatic carbocycles. The van der Waals surface area contributed by atoms with Crippen molar-refractivity contribution in [2.75, 3.05) is 24.5 Å². The maximum absolute atomic E-state index is 14.1. The van der Waals surface area contributed by atoms with Gasteiger partial charge in [0.15, 0.2) is 0 Å². The molecule has 2 amide bonds. The number of nitro benzene ring substituents is 1. The van der Waals surface area contributed by atoms with Crippen LogP contribution in [-0.4, -0.2) is 56.3 Å². The molecule has 3 rings (SSSR count). The number of carbonyl (C=O) groups excluding carboxylic acids is 2. The van der Waals surface area contributed by atoms with E-state index in [9.17, 15) is 28.1 Å². The molecule has 14 heteroatoms. The van der Waals surface area contributed by atoms with Crippen LogP contribution in [-0.2, 0) is 26.2 Å². The Morgan fingerprint density at radius 2 is 1.79 bits per heavy atom. The van der Waals surface area contributed by atoms with E-state index in [-0.39, 0.29) is 28.6 Å². The molecule has 0 aromatic heterocycles. The summed E-state index contributed by atoms with van der Waals surface area (Å²) in [6, 6.07) is 13.9. The Labute approximate surface area is 257 Å². The third-order valence-corrected chi connectivity index (χ3v) is 8.96. The lowest BCUT2D eigenvalue weighted by molar-refractivity contribution is -0.385. The number of hydrogen-bond donors (Lipinski definition) is 1. The molecule has 0 spiro atoms. The second-order valence-electron chi connectivity index (χ2n) is 9.25. The van der Waals surface area contributed by atoms with Crippen LogP contribution in [0.2, 0.25) is 5.02 Å². The lowest BCUT2D eigenvalue weighted by atomic mass is 10.1. The first-order valence-electron chi connectivity index (χ1n) is 12.7. The van der Waals surface area contributed by atoms with Crippen LogP contribution < -0.4 is 14.4 Å². The highest BCUT2D eigenvalue weighted by Gasteiger charge is 2.34.